The number of nitrogens with two attached hydrogens (primary N) is 1. The van der Waals surface area contributed by atoms with Gasteiger partial charge in [0.05, 0.1) is 10.5 Å². The van der Waals surface area contributed by atoms with E-state index in [0.717, 1.165) is 6.20 Å². The van der Waals surface area contributed by atoms with Crippen LogP contribution in [-0.2, 0) is 0 Å². The molecule has 0 aromatic carbocycles. The second kappa shape index (κ2) is 5.80. The average molecular weight is 253 g/mol. The lowest BCUT2D eigenvalue weighted by molar-refractivity contribution is -0.385. The van der Waals surface area contributed by atoms with E-state index in [4.69, 9.17) is 10.9 Å². The van der Waals surface area contributed by atoms with E-state index in [1.54, 1.807) is 0 Å². The average Bonchev–Trinajstić information content (AvgIpc) is 2.39. The minimum absolute atomic E-state index is 0.201. The summed E-state index contributed by atoms with van der Waals surface area (Å²) in [6.45, 7) is 5.16. The van der Waals surface area contributed by atoms with E-state index >= 15 is 0 Å². The third kappa shape index (κ3) is 2.65. The van der Waals surface area contributed by atoms with Crippen molar-refractivity contribution >= 4 is 17.3 Å². The maximum atomic E-state index is 10.7. The molecule has 3 N–H and O–H groups in total. The first-order valence-electron chi connectivity index (χ1n) is 5.42. The fraction of sp³-hybridized carbons (Fsp3) is 0.400. The molecule has 0 aliphatic rings. The molecule has 18 heavy (non-hydrogen) atoms. The van der Waals surface area contributed by atoms with Gasteiger partial charge in [0, 0.05) is 19.2 Å². The Balaban J connectivity index is 3.38. The first-order valence-corrected chi connectivity index (χ1v) is 5.42. The lowest BCUT2D eigenvalue weighted by Crippen LogP contribution is -2.27. The topological polar surface area (TPSA) is 118 Å². The van der Waals surface area contributed by atoms with E-state index in [-0.39, 0.29) is 17.1 Å². The third-order valence-corrected chi connectivity index (χ3v) is 2.51. The summed E-state index contributed by atoms with van der Waals surface area (Å²) in [5.74, 6) is 0.258. The van der Waals surface area contributed by atoms with Gasteiger partial charge in [-0.05, 0) is 13.8 Å². The standard InChI is InChI=1S/C10H15N5O3/c1-3-14(4-2)10-8(9(11)13-16)5-7(6-12-10)15(17)18/h5-6,16H,3-4H2,1-2H3,(H2,11,13). The molecule has 0 fully saturated rings. The van der Waals surface area contributed by atoms with E-state index in [2.05, 4.69) is 10.1 Å². The number of pyridine rings is 1. The first-order chi connectivity index (χ1) is 8.54. The number of aromatic nitrogens is 1. The normalized spacial score (nSPS) is 11.3. The van der Waals surface area contributed by atoms with Crippen LogP contribution in [0.3, 0.4) is 0 Å². The van der Waals surface area contributed by atoms with Crippen molar-refractivity contribution in [1.82, 2.24) is 4.98 Å². The summed E-state index contributed by atoms with van der Waals surface area (Å²) < 4.78 is 0. The molecule has 1 rings (SSSR count). The summed E-state index contributed by atoms with van der Waals surface area (Å²) in [7, 11) is 0. The predicted octanol–water partition coefficient (Wildman–Crippen LogP) is 0.930. The smallest absolute Gasteiger partial charge is 0.288 e. The molecular weight excluding hydrogens is 238 g/mol. The molecule has 0 radical (unpaired) electrons. The number of hydrogen-bond acceptors (Lipinski definition) is 6. The molecule has 0 amide bonds. The van der Waals surface area contributed by atoms with Crippen molar-refractivity contribution in [2.75, 3.05) is 18.0 Å². The van der Waals surface area contributed by atoms with E-state index in [0.29, 0.717) is 18.9 Å². The van der Waals surface area contributed by atoms with Crippen LogP contribution in [0.15, 0.2) is 17.4 Å². The SMILES string of the molecule is CCN(CC)c1ncc([N+](=O)[O-])cc1C(N)=NO. The fourth-order valence-electron chi connectivity index (χ4n) is 1.56. The van der Waals surface area contributed by atoms with Gasteiger partial charge in [-0.3, -0.25) is 10.1 Å². The highest BCUT2D eigenvalue weighted by Crippen LogP contribution is 2.22. The van der Waals surface area contributed by atoms with Crippen LogP contribution in [-0.4, -0.2) is 34.0 Å². The minimum atomic E-state index is -0.576. The summed E-state index contributed by atoms with van der Waals surface area (Å²) in [4.78, 5) is 16.0. The molecule has 8 heteroatoms. The molecule has 98 valence electrons. The highest BCUT2D eigenvalue weighted by molar-refractivity contribution is 6.01. The van der Waals surface area contributed by atoms with Crippen molar-refractivity contribution in [3.8, 4) is 0 Å². The predicted molar refractivity (Wildman–Crippen MR) is 67.0 cm³/mol. The van der Waals surface area contributed by atoms with Gasteiger partial charge in [-0.2, -0.15) is 0 Å². The van der Waals surface area contributed by atoms with Gasteiger partial charge in [-0.15, -0.1) is 0 Å². The minimum Gasteiger partial charge on any atom is -0.409 e. The molecule has 0 saturated carbocycles. The fourth-order valence-corrected chi connectivity index (χ4v) is 1.56. The van der Waals surface area contributed by atoms with Gasteiger partial charge >= 0.3 is 0 Å². The van der Waals surface area contributed by atoms with Crippen LogP contribution in [0.1, 0.15) is 19.4 Å². The van der Waals surface area contributed by atoms with Crippen LogP contribution in [0.25, 0.3) is 0 Å². The molecule has 8 nitrogen and oxygen atoms in total. The van der Waals surface area contributed by atoms with Crippen LogP contribution < -0.4 is 10.6 Å². The zero-order chi connectivity index (χ0) is 13.7. The number of anilines is 1. The van der Waals surface area contributed by atoms with Crippen molar-refractivity contribution in [2.24, 2.45) is 10.9 Å². The largest absolute Gasteiger partial charge is 0.409 e. The Bertz CT molecular complexity index is 471. The number of nitrogens with zero attached hydrogens (tertiary/aromatic N) is 4. The lowest BCUT2D eigenvalue weighted by Gasteiger charge is -2.21. The van der Waals surface area contributed by atoms with E-state index in [9.17, 15) is 10.1 Å². The number of amidine groups is 1. The van der Waals surface area contributed by atoms with Gasteiger partial charge in [-0.1, -0.05) is 5.16 Å². The molecule has 0 aliphatic carbocycles. The molecule has 0 bridgehead atoms. The van der Waals surface area contributed by atoms with E-state index in [1.807, 2.05) is 18.7 Å². The van der Waals surface area contributed by atoms with Crippen molar-refractivity contribution in [3.63, 3.8) is 0 Å². The summed E-state index contributed by atoms with van der Waals surface area (Å²) in [6.07, 6.45) is 1.15. The van der Waals surface area contributed by atoms with Crippen molar-refractivity contribution in [2.45, 2.75) is 13.8 Å². The van der Waals surface area contributed by atoms with Crippen molar-refractivity contribution in [3.05, 3.63) is 27.9 Å². The van der Waals surface area contributed by atoms with Crippen molar-refractivity contribution in [1.29, 1.82) is 0 Å². The number of rotatable bonds is 5. The zero-order valence-corrected chi connectivity index (χ0v) is 10.2. The summed E-state index contributed by atoms with van der Waals surface area (Å²) >= 11 is 0. The Hall–Kier alpha value is -2.38. The maximum Gasteiger partial charge on any atom is 0.288 e. The Labute approximate surface area is 104 Å². The van der Waals surface area contributed by atoms with Crippen LogP contribution in [0.4, 0.5) is 11.5 Å². The van der Waals surface area contributed by atoms with Crippen LogP contribution in [0, 0.1) is 10.1 Å². The molecule has 0 atom stereocenters. The lowest BCUT2D eigenvalue weighted by atomic mass is 10.2. The Morgan fingerprint density at radius 1 is 1.61 bits per heavy atom. The van der Waals surface area contributed by atoms with Crippen LogP contribution in [0.5, 0.6) is 0 Å². The highest BCUT2D eigenvalue weighted by atomic mass is 16.6. The molecule has 0 unspecified atom stereocenters. The molecule has 0 saturated heterocycles. The zero-order valence-electron chi connectivity index (χ0n) is 10.2. The Morgan fingerprint density at radius 2 is 2.22 bits per heavy atom. The molecule has 1 heterocycles. The summed E-state index contributed by atoms with van der Waals surface area (Å²) in [5, 5.41) is 22.3. The Kier molecular flexibility index (Phi) is 4.41. The van der Waals surface area contributed by atoms with Gasteiger partial charge in [0.2, 0.25) is 0 Å². The quantitative estimate of drug-likeness (QED) is 0.265. The second-order valence-electron chi connectivity index (χ2n) is 3.48. The van der Waals surface area contributed by atoms with Crippen molar-refractivity contribution < 1.29 is 10.1 Å². The number of nitro groups is 1. The first kappa shape index (κ1) is 13.7. The molecule has 0 aliphatic heterocycles. The maximum absolute atomic E-state index is 10.7. The van der Waals surface area contributed by atoms with Gasteiger partial charge in [0.15, 0.2) is 5.84 Å². The van der Waals surface area contributed by atoms with E-state index < -0.39 is 4.92 Å². The Morgan fingerprint density at radius 3 is 2.67 bits per heavy atom. The molecule has 1 aromatic rings. The molecule has 0 spiro atoms. The van der Waals surface area contributed by atoms with Crippen LogP contribution in [0.2, 0.25) is 0 Å². The van der Waals surface area contributed by atoms with Gasteiger partial charge in [0.25, 0.3) is 5.69 Å². The van der Waals surface area contributed by atoms with Gasteiger partial charge in [0.1, 0.15) is 12.0 Å². The van der Waals surface area contributed by atoms with Crippen LogP contribution >= 0.6 is 0 Å². The molecule has 1 aromatic heterocycles. The van der Waals surface area contributed by atoms with E-state index in [1.165, 1.54) is 6.07 Å². The van der Waals surface area contributed by atoms with Gasteiger partial charge < -0.3 is 15.8 Å². The molecular formula is C10H15N5O3. The highest BCUT2D eigenvalue weighted by Gasteiger charge is 2.18. The van der Waals surface area contributed by atoms with Gasteiger partial charge in [-0.25, -0.2) is 4.98 Å². The second-order valence-corrected chi connectivity index (χ2v) is 3.48. The monoisotopic (exact) mass is 253 g/mol. The summed E-state index contributed by atoms with van der Waals surface area (Å²) in [5.41, 5.74) is 5.57. The number of oxime groups is 1. The third-order valence-electron chi connectivity index (χ3n) is 2.51. The summed E-state index contributed by atoms with van der Waals surface area (Å²) in [6, 6.07) is 1.25. The number of hydrogen-bond donors (Lipinski definition) is 2.